The van der Waals surface area contributed by atoms with Crippen molar-refractivity contribution in [3.63, 3.8) is 0 Å². The van der Waals surface area contributed by atoms with Crippen molar-refractivity contribution >= 4 is 12.6 Å². The fourth-order valence-electron chi connectivity index (χ4n) is 3.95. The van der Waals surface area contributed by atoms with Gasteiger partial charge in [-0.05, 0) is 55.3 Å². The first-order valence-corrected chi connectivity index (χ1v) is 11.2. The first-order chi connectivity index (χ1) is 14.9. The molecule has 3 aromatic carbocycles. The number of rotatable bonds is 3. The van der Waals surface area contributed by atoms with E-state index in [4.69, 9.17) is 9.31 Å². The van der Waals surface area contributed by atoms with Crippen molar-refractivity contribution in [3.05, 3.63) is 78.1 Å². The number of hydrogen-bond acceptors (Lipinski definition) is 2. The SMILES string of the molecule is CC(C)(C)c1ccc(-c2cc(B3OC(C)(C)C(C)(C)O3)cc(-c3ccccc3)c2F)cc1. The lowest BCUT2D eigenvalue weighted by atomic mass is 9.76. The van der Waals surface area contributed by atoms with Gasteiger partial charge in [-0.15, -0.1) is 0 Å². The summed E-state index contributed by atoms with van der Waals surface area (Å²) in [7, 11) is -0.560. The smallest absolute Gasteiger partial charge is 0.399 e. The van der Waals surface area contributed by atoms with Gasteiger partial charge in [0.1, 0.15) is 5.82 Å². The van der Waals surface area contributed by atoms with Crippen LogP contribution in [0, 0.1) is 5.82 Å². The Morgan fingerprint density at radius 1 is 0.719 bits per heavy atom. The van der Waals surface area contributed by atoms with Crippen LogP contribution in [0.4, 0.5) is 4.39 Å². The Bertz CT molecular complexity index is 1100. The molecule has 1 aliphatic rings. The largest absolute Gasteiger partial charge is 0.494 e. The summed E-state index contributed by atoms with van der Waals surface area (Å²) in [5.74, 6) is -0.236. The minimum absolute atomic E-state index is 0.0385. The Hall–Kier alpha value is -2.43. The van der Waals surface area contributed by atoms with E-state index in [0.717, 1.165) is 16.6 Å². The van der Waals surface area contributed by atoms with Crippen molar-refractivity contribution < 1.29 is 13.7 Å². The van der Waals surface area contributed by atoms with Gasteiger partial charge in [0.05, 0.1) is 11.2 Å². The summed E-state index contributed by atoms with van der Waals surface area (Å²) in [6, 6.07) is 21.5. The molecule has 3 aromatic rings. The van der Waals surface area contributed by atoms with Crippen LogP contribution >= 0.6 is 0 Å². The molecule has 0 saturated carbocycles. The topological polar surface area (TPSA) is 18.5 Å². The summed E-state index contributed by atoms with van der Waals surface area (Å²) >= 11 is 0. The monoisotopic (exact) mass is 430 g/mol. The van der Waals surface area contributed by atoms with Gasteiger partial charge in [0, 0.05) is 11.1 Å². The molecule has 1 fully saturated rings. The minimum atomic E-state index is -0.560. The van der Waals surface area contributed by atoms with Gasteiger partial charge in [0.2, 0.25) is 0 Å². The summed E-state index contributed by atoms with van der Waals surface area (Å²) < 4.78 is 28.4. The van der Waals surface area contributed by atoms with E-state index in [9.17, 15) is 0 Å². The molecule has 0 aliphatic carbocycles. The van der Waals surface area contributed by atoms with Gasteiger partial charge in [-0.2, -0.15) is 0 Å². The fourth-order valence-corrected chi connectivity index (χ4v) is 3.95. The van der Waals surface area contributed by atoms with Crippen LogP contribution in [0.15, 0.2) is 66.7 Å². The normalized spacial score (nSPS) is 17.6. The summed E-state index contributed by atoms with van der Waals surface area (Å²) in [5, 5.41) is 0. The highest BCUT2D eigenvalue weighted by Gasteiger charge is 2.52. The standard InChI is InChI=1S/C28H32BFO2/c1-26(2,3)21-15-13-20(14-16-21)24-18-22(29-31-27(4,5)28(6,7)32-29)17-23(25(24)30)19-11-9-8-10-12-19/h8-18H,1-7H3. The van der Waals surface area contributed by atoms with Gasteiger partial charge in [0.25, 0.3) is 0 Å². The van der Waals surface area contributed by atoms with E-state index in [1.54, 1.807) is 0 Å². The van der Waals surface area contributed by atoms with Crippen LogP contribution in [0.1, 0.15) is 54.0 Å². The average Bonchev–Trinajstić information content (AvgIpc) is 2.95. The van der Waals surface area contributed by atoms with Crippen LogP contribution in [0.2, 0.25) is 0 Å². The van der Waals surface area contributed by atoms with E-state index >= 15 is 4.39 Å². The van der Waals surface area contributed by atoms with Gasteiger partial charge >= 0.3 is 7.12 Å². The second-order valence-electron chi connectivity index (χ2n) is 10.7. The Morgan fingerprint density at radius 2 is 1.19 bits per heavy atom. The van der Waals surface area contributed by atoms with Crippen molar-refractivity contribution in [3.8, 4) is 22.3 Å². The maximum atomic E-state index is 15.9. The lowest BCUT2D eigenvalue weighted by Gasteiger charge is -2.32. The molecule has 166 valence electrons. The summed E-state index contributed by atoms with van der Waals surface area (Å²) in [5.41, 5.74) is 3.91. The van der Waals surface area contributed by atoms with Crippen molar-refractivity contribution in [1.82, 2.24) is 0 Å². The number of benzene rings is 3. The second kappa shape index (κ2) is 7.86. The molecule has 0 unspecified atom stereocenters. The van der Waals surface area contributed by atoms with E-state index < -0.39 is 18.3 Å². The average molecular weight is 430 g/mol. The molecule has 0 atom stereocenters. The van der Waals surface area contributed by atoms with Crippen LogP contribution in [0.25, 0.3) is 22.3 Å². The van der Waals surface area contributed by atoms with E-state index in [1.807, 2.05) is 82.3 Å². The maximum absolute atomic E-state index is 15.9. The van der Waals surface area contributed by atoms with Crippen LogP contribution in [-0.4, -0.2) is 18.3 Å². The first kappa shape index (κ1) is 22.8. The Kier molecular flexibility index (Phi) is 5.59. The molecule has 2 nitrogen and oxygen atoms in total. The Balaban J connectivity index is 1.86. The van der Waals surface area contributed by atoms with E-state index in [0.29, 0.717) is 11.1 Å². The summed E-state index contributed by atoms with van der Waals surface area (Å²) in [4.78, 5) is 0. The highest BCUT2D eigenvalue weighted by molar-refractivity contribution is 6.62. The molecule has 1 saturated heterocycles. The third-order valence-corrected chi connectivity index (χ3v) is 6.77. The van der Waals surface area contributed by atoms with Gasteiger partial charge in [-0.1, -0.05) is 87.5 Å². The lowest BCUT2D eigenvalue weighted by molar-refractivity contribution is 0.00578. The molecular weight excluding hydrogens is 398 g/mol. The number of halogens is 1. The molecule has 0 aromatic heterocycles. The van der Waals surface area contributed by atoms with E-state index in [1.165, 1.54) is 5.56 Å². The lowest BCUT2D eigenvalue weighted by Crippen LogP contribution is -2.41. The molecule has 1 heterocycles. The maximum Gasteiger partial charge on any atom is 0.494 e. The van der Waals surface area contributed by atoms with Crippen molar-refractivity contribution in [1.29, 1.82) is 0 Å². The van der Waals surface area contributed by atoms with Crippen molar-refractivity contribution in [2.24, 2.45) is 0 Å². The zero-order valence-electron chi connectivity index (χ0n) is 20.1. The molecule has 0 bridgehead atoms. The van der Waals surface area contributed by atoms with Gasteiger partial charge in [-0.25, -0.2) is 4.39 Å². The Morgan fingerprint density at radius 3 is 1.66 bits per heavy atom. The predicted octanol–water partition coefficient (Wildman–Crippen LogP) is 6.76. The quantitative estimate of drug-likeness (QED) is 0.428. The highest BCUT2D eigenvalue weighted by Crippen LogP contribution is 2.38. The molecule has 32 heavy (non-hydrogen) atoms. The second-order valence-corrected chi connectivity index (χ2v) is 10.7. The van der Waals surface area contributed by atoms with Crippen LogP contribution in [0.5, 0.6) is 0 Å². The van der Waals surface area contributed by atoms with Crippen LogP contribution in [-0.2, 0) is 14.7 Å². The Labute approximate surface area is 191 Å². The molecule has 4 rings (SSSR count). The highest BCUT2D eigenvalue weighted by atomic mass is 19.1. The molecule has 4 heteroatoms. The van der Waals surface area contributed by atoms with Crippen molar-refractivity contribution in [2.75, 3.05) is 0 Å². The van der Waals surface area contributed by atoms with Gasteiger partial charge in [0.15, 0.2) is 0 Å². The van der Waals surface area contributed by atoms with Crippen molar-refractivity contribution in [2.45, 2.75) is 65.1 Å². The van der Waals surface area contributed by atoms with E-state index in [2.05, 4.69) is 32.9 Å². The zero-order chi connectivity index (χ0) is 23.3. The number of hydrogen-bond donors (Lipinski definition) is 0. The molecule has 0 N–H and O–H groups in total. The summed E-state index contributed by atoms with van der Waals surface area (Å²) in [6.45, 7) is 14.6. The molecular formula is C28H32BFO2. The predicted molar refractivity (Wildman–Crippen MR) is 132 cm³/mol. The zero-order valence-corrected chi connectivity index (χ0v) is 20.1. The summed E-state index contributed by atoms with van der Waals surface area (Å²) in [6.07, 6.45) is 0. The van der Waals surface area contributed by atoms with E-state index in [-0.39, 0.29) is 11.2 Å². The molecule has 0 radical (unpaired) electrons. The minimum Gasteiger partial charge on any atom is -0.399 e. The fraction of sp³-hybridized carbons (Fsp3) is 0.357. The molecule has 1 aliphatic heterocycles. The first-order valence-electron chi connectivity index (χ1n) is 11.2. The molecule has 0 spiro atoms. The van der Waals surface area contributed by atoms with Gasteiger partial charge < -0.3 is 9.31 Å². The van der Waals surface area contributed by atoms with Crippen LogP contribution < -0.4 is 5.46 Å². The van der Waals surface area contributed by atoms with Crippen LogP contribution in [0.3, 0.4) is 0 Å². The third kappa shape index (κ3) is 4.14. The van der Waals surface area contributed by atoms with Gasteiger partial charge in [-0.3, -0.25) is 0 Å². The molecule has 0 amide bonds. The third-order valence-electron chi connectivity index (χ3n) is 6.77.